The Morgan fingerprint density at radius 2 is 1.53 bits per heavy atom. The van der Waals surface area contributed by atoms with Crippen LogP contribution in [0.5, 0.6) is 11.5 Å². The molecule has 7 heteroatoms. The molecule has 0 aliphatic rings. The average molecular weight is 506 g/mol. The largest absolute Gasteiger partial charge is 0.457 e. The third kappa shape index (κ3) is 6.08. The molecular formula is C31H27N3O4. The number of ether oxygens (including phenoxy) is 2. The molecule has 0 bridgehead atoms. The number of benzene rings is 4. The summed E-state index contributed by atoms with van der Waals surface area (Å²) in [5.41, 5.74) is 2.96. The van der Waals surface area contributed by atoms with Crippen LogP contribution in [0.3, 0.4) is 0 Å². The summed E-state index contributed by atoms with van der Waals surface area (Å²) in [6.45, 7) is 0.251. The van der Waals surface area contributed by atoms with Crippen LogP contribution in [0.25, 0.3) is 10.9 Å². The molecule has 4 aromatic carbocycles. The summed E-state index contributed by atoms with van der Waals surface area (Å²) in [5.74, 6) is 1.04. The maximum atomic E-state index is 13.2. The molecule has 0 fully saturated rings. The van der Waals surface area contributed by atoms with Crippen LogP contribution in [0.2, 0.25) is 0 Å². The molecule has 1 aromatic heterocycles. The van der Waals surface area contributed by atoms with Gasteiger partial charge in [-0.2, -0.15) is 0 Å². The molecule has 1 amide bonds. The van der Waals surface area contributed by atoms with Crippen molar-refractivity contribution < 1.29 is 19.1 Å². The Hall–Kier alpha value is -4.88. The molecule has 38 heavy (non-hydrogen) atoms. The Morgan fingerprint density at radius 1 is 0.816 bits per heavy atom. The Morgan fingerprint density at radius 3 is 2.26 bits per heavy atom. The number of anilines is 1. The predicted octanol–water partition coefficient (Wildman–Crippen LogP) is 5.91. The van der Waals surface area contributed by atoms with E-state index >= 15 is 0 Å². The monoisotopic (exact) mass is 505 g/mol. The van der Waals surface area contributed by atoms with E-state index in [-0.39, 0.29) is 12.5 Å². The van der Waals surface area contributed by atoms with E-state index in [0.717, 1.165) is 22.2 Å². The van der Waals surface area contributed by atoms with E-state index in [0.29, 0.717) is 23.3 Å². The minimum atomic E-state index is -0.958. The molecule has 0 saturated carbocycles. The molecule has 0 saturated heterocycles. The van der Waals surface area contributed by atoms with Crippen molar-refractivity contribution in [1.29, 1.82) is 0 Å². The molecule has 190 valence electrons. The number of hydrogen-bond acceptors (Lipinski definition) is 5. The molecule has 2 unspecified atom stereocenters. The molecule has 0 aliphatic heterocycles. The van der Waals surface area contributed by atoms with E-state index in [1.807, 2.05) is 97.1 Å². The number of aldehydes is 1. The summed E-state index contributed by atoms with van der Waals surface area (Å²) < 4.78 is 12.0. The van der Waals surface area contributed by atoms with Crippen LogP contribution >= 0.6 is 0 Å². The van der Waals surface area contributed by atoms with Crippen molar-refractivity contribution in [3.05, 3.63) is 127 Å². The third-order valence-corrected chi connectivity index (χ3v) is 6.02. The van der Waals surface area contributed by atoms with Gasteiger partial charge in [-0.3, -0.25) is 4.79 Å². The van der Waals surface area contributed by atoms with Crippen LogP contribution in [0.1, 0.15) is 15.9 Å². The number of hydrogen-bond donors (Lipinski definition) is 3. The molecule has 3 N–H and O–H groups in total. The van der Waals surface area contributed by atoms with Crippen LogP contribution in [0, 0.1) is 0 Å². The van der Waals surface area contributed by atoms with E-state index in [1.165, 1.54) is 0 Å². The first-order valence-electron chi connectivity index (χ1n) is 12.3. The molecule has 0 aliphatic carbocycles. The van der Waals surface area contributed by atoms with Gasteiger partial charge >= 0.3 is 0 Å². The van der Waals surface area contributed by atoms with Crippen LogP contribution in [0.4, 0.5) is 5.69 Å². The fourth-order valence-electron chi connectivity index (χ4n) is 4.10. The highest BCUT2D eigenvalue weighted by atomic mass is 16.5. The summed E-state index contributed by atoms with van der Waals surface area (Å²) in [5, 5.41) is 6.86. The second-order valence-electron chi connectivity index (χ2n) is 8.68. The normalized spacial score (nSPS) is 12.4. The van der Waals surface area contributed by atoms with Gasteiger partial charge in [0.15, 0.2) is 6.23 Å². The number of fused-ring (bicyclic) bond motifs is 1. The lowest BCUT2D eigenvalue weighted by molar-refractivity contribution is -0.112. The first-order chi connectivity index (χ1) is 18.7. The summed E-state index contributed by atoms with van der Waals surface area (Å²) in [7, 11) is 0. The average Bonchev–Trinajstić information content (AvgIpc) is 3.45. The maximum absolute atomic E-state index is 13.2. The minimum absolute atomic E-state index is 0.251. The van der Waals surface area contributed by atoms with Crippen LogP contribution in [-0.2, 0) is 16.1 Å². The molecule has 7 nitrogen and oxygen atoms in total. The first kappa shape index (κ1) is 24.8. The zero-order valence-corrected chi connectivity index (χ0v) is 20.5. The minimum Gasteiger partial charge on any atom is -0.457 e. The molecule has 5 aromatic rings. The van der Waals surface area contributed by atoms with Gasteiger partial charge in [-0.1, -0.05) is 54.6 Å². The lowest BCUT2D eigenvalue weighted by Gasteiger charge is -2.26. The molecule has 2 atom stereocenters. The summed E-state index contributed by atoms with van der Waals surface area (Å²) in [4.78, 5) is 28.5. The van der Waals surface area contributed by atoms with Gasteiger partial charge in [0, 0.05) is 28.4 Å². The van der Waals surface area contributed by atoms with Gasteiger partial charge in [-0.15, -0.1) is 0 Å². The van der Waals surface area contributed by atoms with Gasteiger partial charge in [0.25, 0.3) is 5.91 Å². The van der Waals surface area contributed by atoms with Gasteiger partial charge < -0.3 is 29.9 Å². The number of carbonyl (C=O) groups excluding carboxylic acids is 2. The quantitative estimate of drug-likeness (QED) is 0.153. The van der Waals surface area contributed by atoms with E-state index in [4.69, 9.17) is 9.47 Å². The number of aromatic amines is 1. The maximum Gasteiger partial charge on any atom is 0.252 e. The smallest absolute Gasteiger partial charge is 0.252 e. The van der Waals surface area contributed by atoms with Gasteiger partial charge in [0.05, 0.1) is 6.61 Å². The number of aromatic nitrogens is 1. The van der Waals surface area contributed by atoms with Crippen molar-refractivity contribution in [1.82, 2.24) is 10.3 Å². The number of rotatable bonds is 11. The highest BCUT2D eigenvalue weighted by Crippen LogP contribution is 2.24. The highest BCUT2D eigenvalue weighted by Gasteiger charge is 2.25. The predicted molar refractivity (Wildman–Crippen MR) is 147 cm³/mol. The zero-order valence-electron chi connectivity index (χ0n) is 20.5. The van der Waals surface area contributed by atoms with Gasteiger partial charge in [-0.25, -0.2) is 0 Å². The van der Waals surface area contributed by atoms with Crippen LogP contribution < -0.4 is 15.4 Å². The molecule has 1 heterocycles. The number of para-hydroxylation sites is 1. The van der Waals surface area contributed by atoms with Crippen molar-refractivity contribution >= 4 is 28.8 Å². The lowest BCUT2D eigenvalue weighted by Crippen LogP contribution is -2.49. The summed E-state index contributed by atoms with van der Waals surface area (Å²) in [6, 6.07) is 32.8. The Balaban J connectivity index is 1.33. The summed E-state index contributed by atoms with van der Waals surface area (Å²) >= 11 is 0. The number of H-pyrrole nitrogens is 1. The first-order valence-corrected chi connectivity index (χ1v) is 12.3. The van der Waals surface area contributed by atoms with Crippen molar-refractivity contribution in [3.63, 3.8) is 0 Å². The number of nitrogens with one attached hydrogen (secondary N) is 3. The van der Waals surface area contributed by atoms with Crippen molar-refractivity contribution in [2.24, 2.45) is 0 Å². The van der Waals surface area contributed by atoms with Gasteiger partial charge in [0.2, 0.25) is 0 Å². The van der Waals surface area contributed by atoms with E-state index in [9.17, 15) is 9.59 Å². The van der Waals surface area contributed by atoms with Gasteiger partial charge in [0.1, 0.15) is 23.8 Å². The van der Waals surface area contributed by atoms with Crippen LogP contribution in [-0.4, -0.2) is 29.4 Å². The second-order valence-corrected chi connectivity index (χ2v) is 8.68. The topological polar surface area (TPSA) is 92.5 Å². The van der Waals surface area contributed by atoms with E-state index < -0.39 is 12.3 Å². The Bertz CT molecular complexity index is 1480. The molecule has 0 spiro atoms. The fourth-order valence-corrected chi connectivity index (χ4v) is 4.10. The SMILES string of the molecule is O=CC(NC(=O)c1cccc2[nH]ccc12)C(Nc1ccc(Oc2ccccc2)cc1)OCc1ccccc1. The van der Waals surface area contributed by atoms with Crippen molar-refractivity contribution in [2.45, 2.75) is 18.9 Å². The van der Waals surface area contributed by atoms with E-state index in [1.54, 1.807) is 18.3 Å². The lowest BCUT2D eigenvalue weighted by atomic mass is 10.1. The molecule has 0 radical (unpaired) electrons. The zero-order chi connectivity index (χ0) is 26.2. The molecule has 5 rings (SSSR count). The third-order valence-electron chi connectivity index (χ3n) is 6.02. The Labute approximate surface area is 220 Å². The van der Waals surface area contributed by atoms with E-state index in [2.05, 4.69) is 15.6 Å². The van der Waals surface area contributed by atoms with Gasteiger partial charge in [-0.05, 0) is 60.2 Å². The van der Waals surface area contributed by atoms with Crippen molar-refractivity contribution in [2.75, 3.05) is 5.32 Å². The fraction of sp³-hybridized carbons (Fsp3) is 0.0968. The number of carbonyl (C=O) groups is 2. The molecular weight excluding hydrogens is 478 g/mol. The number of amides is 1. The van der Waals surface area contributed by atoms with Crippen molar-refractivity contribution in [3.8, 4) is 11.5 Å². The standard InChI is InChI=1S/C31H27N3O4/c35-20-29(34-30(36)27-12-7-13-28-26(27)18-19-32-28)31(37-21-22-8-3-1-4-9-22)33-23-14-16-25(17-15-23)38-24-10-5-2-6-11-24/h1-20,29,31-33H,21H2,(H,34,36). The Kier molecular flexibility index (Phi) is 7.77. The highest BCUT2D eigenvalue weighted by molar-refractivity contribution is 6.07. The second kappa shape index (κ2) is 11.9. The van der Waals surface area contributed by atoms with Crippen LogP contribution in [0.15, 0.2) is 115 Å². The summed E-state index contributed by atoms with van der Waals surface area (Å²) in [6.07, 6.45) is 1.63.